The van der Waals surface area contributed by atoms with Gasteiger partial charge in [-0.25, -0.2) is 0 Å². The minimum Gasteiger partial charge on any atom is -0.461 e. The summed E-state index contributed by atoms with van der Waals surface area (Å²) in [5.74, 6) is -1.24. The topological polar surface area (TPSA) is 123 Å². The summed E-state index contributed by atoms with van der Waals surface area (Å²) in [4.78, 5) is 44.3. The number of rotatable bonds is 7. The number of fused-ring (bicyclic) bond motifs is 1. The van der Waals surface area contributed by atoms with Crippen molar-refractivity contribution in [2.24, 2.45) is 4.99 Å². The number of aryl methyl sites for hydroxylation is 1. The maximum Gasteiger partial charge on any atom is 0.308 e. The van der Waals surface area contributed by atoms with Gasteiger partial charge in [-0.1, -0.05) is 48.0 Å². The van der Waals surface area contributed by atoms with Crippen LogP contribution in [0.1, 0.15) is 43.9 Å². The molecule has 2 heterocycles. The van der Waals surface area contributed by atoms with Crippen molar-refractivity contribution in [1.82, 2.24) is 0 Å². The zero-order chi connectivity index (χ0) is 29.1. The van der Waals surface area contributed by atoms with Crippen LogP contribution in [-0.2, 0) is 20.9 Å². The molecule has 0 bridgehead atoms. The van der Waals surface area contributed by atoms with Crippen molar-refractivity contribution in [3.63, 3.8) is 0 Å². The second kappa shape index (κ2) is 12.0. The van der Waals surface area contributed by atoms with Gasteiger partial charge in [0.15, 0.2) is 0 Å². The van der Waals surface area contributed by atoms with Crippen LogP contribution in [0.15, 0.2) is 77.8 Å². The number of carbonyl (C=O) groups excluding carboxylic acids is 3. The molecule has 10 heteroatoms. The Bertz CT molecular complexity index is 1660. The van der Waals surface area contributed by atoms with Gasteiger partial charge in [-0.15, -0.1) is 11.3 Å². The molecule has 4 N–H and O–H groups in total. The van der Waals surface area contributed by atoms with Crippen LogP contribution in [0, 0.1) is 13.8 Å². The van der Waals surface area contributed by atoms with E-state index in [4.69, 9.17) is 27.1 Å². The van der Waals surface area contributed by atoms with Gasteiger partial charge in [0.1, 0.15) is 17.6 Å². The Kier molecular flexibility index (Phi) is 8.19. The number of halogens is 1. The van der Waals surface area contributed by atoms with Crippen molar-refractivity contribution >= 4 is 62.8 Å². The van der Waals surface area contributed by atoms with Crippen LogP contribution in [0.4, 0.5) is 16.4 Å². The summed E-state index contributed by atoms with van der Waals surface area (Å²) in [5.41, 5.74) is 11.3. The van der Waals surface area contributed by atoms with Crippen molar-refractivity contribution < 1.29 is 19.1 Å². The average molecular weight is 587 g/mol. The molecule has 3 aromatic carbocycles. The quantitative estimate of drug-likeness (QED) is 0.177. The van der Waals surface area contributed by atoms with E-state index in [-0.39, 0.29) is 24.8 Å². The number of thiophene rings is 1. The standard InChI is InChI=1S/C31H27ClN4O4S/c1-17-18(2)41-31-27(17)28(20-11-13-22(32)14-12-20)34-25(30(39)36-31)15-26(37)40-16-19-7-9-21(10-8-19)29(38)35-24-6-4-3-5-23(24)33/h3-14,25H,15-16,33H2,1-2H3,(H,35,38)(H,36,39). The summed E-state index contributed by atoms with van der Waals surface area (Å²) in [6.45, 7) is 3.97. The maximum atomic E-state index is 13.1. The number of nitrogens with one attached hydrogen (secondary N) is 2. The fourth-order valence-electron chi connectivity index (χ4n) is 4.38. The van der Waals surface area contributed by atoms with E-state index in [9.17, 15) is 14.4 Å². The van der Waals surface area contributed by atoms with Gasteiger partial charge in [-0.05, 0) is 61.4 Å². The molecule has 4 aromatic rings. The van der Waals surface area contributed by atoms with Crippen LogP contribution in [0.3, 0.4) is 0 Å². The molecule has 0 saturated carbocycles. The summed E-state index contributed by atoms with van der Waals surface area (Å²) >= 11 is 7.58. The van der Waals surface area contributed by atoms with Gasteiger partial charge in [0.05, 0.1) is 23.5 Å². The van der Waals surface area contributed by atoms with E-state index in [0.29, 0.717) is 38.2 Å². The lowest BCUT2D eigenvalue weighted by Gasteiger charge is -2.12. The van der Waals surface area contributed by atoms with Crippen LogP contribution in [0.5, 0.6) is 0 Å². The Balaban J connectivity index is 1.26. The monoisotopic (exact) mass is 586 g/mol. The van der Waals surface area contributed by atoms with Crippen molar-refractivity contribution in [2.45, 2.75) is 32.9 Å². The minimum absolute atomic E-state index is 0.0138. The number of nitrogen functional groups attached to an aromatic ring is 1. The highest BCUT2D eigenvalue weighted by molar-refractivity contribution is 7.17. The number of aliphatic imine (C=N–C) groups is 1. The number of nitrogens with zero attached hydrogens (tertiary/aromatic N) is 1. The van der Waals surface area contributed by atoms with Crippen LogP contribution in [-0.4, -0.2) is 29.5 Å². The van der Waals surface area contributed by atoms with E-state index in [2.05, 4.69) is 10.6 Å². The lowest BCUT2D eigenvalue weighted by atomic mass is 10.00. The Morgan fingerprint density at radius 1 is 1.05 bits per heavy atom. The normalized spacial score (nSPS) is 14.4. The molecule has 0 radical (unpaired) electrons. The van der Waals surface area contributed by atoms with Gasteiger partial charge in [0.2, 0.25) is 5.91 Å². The van der Waals surface area contributed by atoms with Gasteiger partial charge >= 0.3 is 5.97 Å². The number of nitrogens with two attached hydrogens (primary N) is 1. The lowest BCUT2D eigenvalue weighted by molar-refractivity contribution is -0.146. The second-order valence-corrected chi connectivity index (χ2v) is 11.2. The highest BCUT2D eigenvalue weighted by Crippen LogP contribution is 2.37. The third kappa shape index (κ3) is 6.32. The molecule has 8 nitrogen and oxygen atoms in total. The van der Waals surface area contributed by atoms with Crippen molar-refractivity contribution in [3.05, 3.63) is 111 Å². The highest BCUT2D eigenvalue weighted by atomic mass is 35.5. The van der Waals surface area contributed by atoms with Crippen molar-refractivity contribution in [2.75, 3.05) is 16.4 Å². The first-order valence-electron chi connectivity index (χ1n) is 12.8. The maximum absolute atomic E-state index is 13.1. The Hall–Kier alpha value is -4.47. The zero-order valence-electron chi connectivity index (χ0n) is 22.4. The number of amides is 2. The molecule has 1 aliphatic heterocycles. The first-order chi connectivity index (χ1) is 19.7. The van der Waals surface area contributed by atoms with E-state index in [1.54, 1.807) is 60.7 Å². The number of anilines is 3. The summed E-state index contributed by atoms with van der Waals surface area (Å²) in [6.07, 6.45) is -0.227. The second-order valence-electron chi connectivity index (χ2n) is 9.58. The number of esters is 1. The first-order valence-corrected chi connectivity index (χ1v) is 14.0. The number of ether oxygens (including phenoxy) is 1. The smallest absolute Gasteiger partial charge is 0.308 e. The van der Waals surface area contributed by atoms with Gasteiger partial charge in [-0.3, -0.25) is 19.4 Å². The number of hydrogen-bond acceptors (Lipinski definition) is 7. The summed E-state index contributed by atoms with van der Waals surface area (Å²) in [7, 11) is 0. The number of benzene rings is 3. The van der Waals surface area contributed by atoms with E-state index in [1.165, 1.54) is 11.3 Å². The molecule has 41 heavy (non-hydrogen) atoms. The minimum atomic E-state index is -0.969. The van der Waals surface area contributed by atoms with Gasteiger partial charge in [0.25, 0.3) is 5.91 Å². The van der Waals surface area contributed by atoms with Crippen LogP contribution in [0.2, 0.25) is 5.02 Å². The lowest BCUT2D eigenvalue weighted by Crippen LogP contribution is -2.28. The molecule has 2 amide bonds. The molecule has 1 aromatic heterocycles. The fourth-order valence-corrected chi connectivity index (χ4v) is 5.57. The largest absolute Gasteiger partial charge is 0.461 e. The molecule has 1 unspecified atom stereocenters. The molecule has 1 atom stereocenters. The third-order valence-electron chi connectivity index (χ3n) is 6.75. The van der Waals surface area contributed by atoms with E-state index in [1.807, 2.05) is 26.0 Å². The predicted molar refractivity (Wildman–Crippen MR) is 163 cm³/mol. The fraction of sp³-hybridized carbons (Fsp3) is 0.161. The van der Waals surface area contributed by atoms with E-state index in [0.717, 1.165) is 21.6 Å². The summed E-state index contributed by atoms with van der Waals surface area (Å²) < 4.78 is 5.47. The summed E-state index contributed by atoms with van der Waals surface area (Å²) in [5, 5.41) is 7.01. The van der Waals surface area contributed by atoms with E-state index >= 15 is 0 Å². The number of carbonyl (C=O) groups is 3. The highest BCUT2D eigenvalue weighted by Gasteiger charge is 2.31. The van der Waals surface area contributed by atoms with Crippen molar-refractivity contribution in [1.29, 1.82) is 0 Å². The molecular weight excluding hydrogens is 560 g/mol. The molecule has 208 valence electrons. The first kappa shape index (κ1) is 28.1. The number of para-hydroxylation sites is 2. The Morgan fingerprint density at radius 3 is 2.46 bits per heavy atom. The zero-order valence-corrected chi connectivity index (χ0v) is 23.9. The molecule has 5 rings (SSSR count). The van der Waals surface area contributed by atoms with Gasteiger partial charge in [-0.2, -0.15) is 0 Å². The van der Waals surface area contributed by atoms with Crippen LogP contribution >= 0.6 is 22.9 Å². The summed E-state index contributed by atoms with van der Waals surface area (Å²) in [6, 6.07) is 19.9. The Labute approximate surface area is 246 Å². The molecule has 0 saturated heterocycles. The van der Waals surface area contributed by atoms with Crippen LogP contribution < -0.4 is 16.4 Å². The average Bonchev–Trinajstić information content (AvgIpc) is 3.15. The SMILES string of the molecule is Cc1sc2c(c1C)C(c1ccc(Cl)cc1)=NC(CC(=O)OCc1ccc(C(=O)Nc3ccccc3N)cc1)C(=O)N2. The molecule has 0 fully saturated rings. The predicted octanol–water partition coefficient (Wildman–Crippen LogP) is 6.14. The number of hydrogen-bond donors (Lipinski definition) is 3. The molecule has 0 aliphatic carbocycles. The Morgan fingerprint density at radius 2 is 1.76 bits per heavy atom. The van der Waals surface area contributed by atoms with E-state index < -0.39 is 12.0 Å². The third-order valence-corrected chi connectivity index (χ3v) is 8.12. The molecule has 0 spiro atoms. The molecule has 1 aliphatic rings. The van der Waals surface area contributed by atoms with Crippen molar-refractivity contribution in [3.8, 4) is 0 Å². The van der Waals surface area contributed by atoms with Gasteiger partial charge in [0, 0.05) is 26.6 Å². The van der Waals surface area contributed by atoms with Gasteiger partial charge < -0.3 is 21.1 Å². The molecular formula is C31H27ClN4O4S. The van der Waals surface area contributed by atoms with Crippen LogP contribution in [0.25, 0.3) is 0 Å².